The third-order valence-electron chi connectivity index (χ3n) is 3.87. The maximum absolute atomic E-state index is 12.0. The molecule has 25 heavy (non-hydrogen) atoms. The van der Waals surface area contributed by atoms with Gasteiger partial charge in [0, 0.05) is 35.0 Å². The van der Waals surface area contributed by atoms with Gasteiger partial charge in [-0.15, -0.1) is 10.2 Å². The molecule has 0 aliphatic rings. The van der Waals surface area contributed by atoms with Crippen LogP contribution in [-0.2, 0) is 11.3 Å². The monoisotopic (exact) mass is 344 g/mol. The van der Waals surface area contributed by atoms with Crippen molar-refractivity contribution >= 4 is 39.4 Å². The van der Waals surface area contributed by atoms with Gasteiger partial charge in [0.05, 0.1) is 17.5 Å². The number of aromatic carboxylic acids is 1. The van der Waals surface area contributed by atoms with E-state index in [-0.39, 0.29) is 28.0 Å². The first-order valence-electron chi connectivity index (χ1n) is 7.19. The molecule has 0 aliphatic heterocycles. The summed E-state index contributed by atoms with van der Waals surface area (Å²) >= 11 is 0. The van der Waals surface area contributed by atoms with Crippen LogP contribution in [0.5, 0.6) is 0 Å². The molecule has 0 saturated carbocycles. The van der Waals surface area contributed by atoms with Crippen LogP contribution in [0.3, 0.4) is 0 Å². The average molecular weight is 344 g/mol. The predicted molar refractivity (Wildman–Crippen MR) is 85.7 cm³/mol. The third kappa shape index (κ3) is 2.35. The van der Waals surface area contributed by atoms with Gasteiger partial charge in [0.25, 0.3) is 5.69 Å². The Labute approximate surface area is 139 Å². The van der Waals surface area contributed by atoms with E-state index in [9.17, 15) is 24.8 Å². The number of nitrogens with zero attached hydrogens (tertiary/aromatic N) is 4. The summed E-state index contributed by atoms with van der Waals surface area (Å²) in [5, 5.41) is 28.2. The summed E-state index contributed by atoms with van der Waals surface area (Å²) in [6.07, 6.45) is 0. The standard InChI is InChI=1S/C15H12N4O6/c1-3-18-9-5-4-7(19(23)24)6-8(9)10-11(14(20)21)16-17-12(13(10)18)15(22)25-2/h4-6H,3H2,1-2H3,(H,20,21). The van der Waals surface area contributed by atoms with E-state index in [2.05, 4.69) is 10.2 Å². The van der Waals surface area contributed by atoms with Gasteiger partial charge in [0.15, 0.2) is 11.4 Å². The number of nitro groups is 1. The minimum absolute atomic E-state index is 0.114. The number of ether oxygens (including phenoxy) is 1. The lowest BCUT2D eigenvalue weighted by Gasteiger charge is -2.06. The highest BCUT2D eigenvalue weighted by Crippen LogP contribution is 2.34. The normalized spacial score (nSPS) is 11.0. The molecule has 3 aromatic rings. The zero-order valence-corrected chi connectivity index (χ0v) is 13.2. The van der Waals surface area contributed by atoms with E-state index in [0.29, 0.717) is 17.4 Å². The molecule has 10 nitrogen and oxygen atoms in total. The van der Waals surface area contributed by atoms with Gasteiger partial charge in [-0.2, -0.15) is 0 Å². The molecule has 2 aromatic heterocycles. The maximum Gasteiger partial charge on any atom is 0.360 e. The molecule has 10 heteroatoms. The zero-order chi connectivity index (χ0) is 18.3. The first kappa shape index (κ1) is 16.3. The number of carboxylic acids is 1. The van der Waals surface area contributed by atoms with E-state index >= 15 is 0 Å². The molecule has 0 amide bonds. The number of hydrogen-bond acceptors (Lipinski definition) is 7. The number of aromatic nitrogens is 3. The Morgan fingerprint density at radius 1 is 1.32 bits per heavy atom. The van der Waals surface area contributed by atoms with Gasteiger partial charge in [-0.25, -0.2) is 9.59 Å². The van der Waals surface area contributed by atoms with Crippen molar-refractivity contribution in [3.05, 3.63) is 39.7 Å². The van der Waals surface area contributed by atoms with Crippen molar-refractivity contribution in [2.75, 3.05) is 7.11 Å². The fourth-order valence-electron chi connectivity index (χ4n) is 2.85. The Hall–Kier alpha value is -3.56. The lowest BCUT2D eigenvalue weighted by Crippen LogP contribution is -2.12. The van der Waals surface area contributed by atoms with Crippen LogP contribution in [0.25, 0.3) is 21.8 Å². The van der Waals surface area contributed by atoms with Crippen LogP contribution in [-0.4, -0.2) is 43.8 Å². The third-order valence-corrected chi connectivity index (χ3v) is 3.87. The zero-order valence-electron chi connectivity index (χ0n) is 13.2. The van der Waals surface area contributed by atoms with Gasteiger partial charge in [-0.1, -0.05) is 0 Å². The summed E-state index contributed by atoms with van der Waals surface area (Å²) in [5.74, 6) is -2.13. The fraction of sp³-hybridized carbons (Fsp3) is 0.200. The van der Waals surface area contributed by atoms with Crippen LogP contribution >= 0.6 is 0 Å². The molecule has 0 unspecified atom stereocenters. The summed E-state index contributed by atoms with van der Waals surface area (Å²) in [7, 11) is 1.17. The number of carboxylic acid groups (broad SMARTS) is 1. The van der Waals surface area contributed by atoms with Crippen LogP contribution in [0, 0.1) is 10.1 Å². The number of rotatable bonds is 4. The van der Waals surface area contributed by atoms with E-state index in [1.165, 1.54) is 25.3 Å². The second-order valence-corrected chi connectivity index (χ2v) is 5.12. The lowest BCUT2D eigenvalue weighted by atomic mass is 10.1. The molecular formula is C15H12N4O6. The van der Waals surface area contributed by atoms with Crippen LogP contribution in [0.4, 0.5) is 5.69 Å². The van der Waals surface area contributed by atoms with Crippen molar-refractivity contribution in [3.63, 3.8) is 0 Å². The number of esters is 1. The van der Waals surface area contributed by atoms with Gasteiger partial charge in [0.1, 0.15) is 0 Å². The Kier molecular flexibility index (Phi) is 3.79. The van der Waals surface area contributed by atoms with Crippen molar-refractivity contribution in [2.45, 2.75) is 13.5 Å². The second-order valence-electron chi connectivity index (χ2n) is 5.12. The van der Waals surface area contributed by atoms with Crippen molar-refractivity contribution < 1.29 is 24.4 Å². The van der Waals surface area contributed by atoms with Crippen molar-refractivity contribution in [1.82, 2.24) is 14.8 Å². The van der Waals surface area contributed by atoms with E-state index in [0.717, 1.165) is 0 Å². The van der Waals surface area contributed by atoms with E-state index in [1.807, 2.05) is 0 Å². The van der Waals surface area contributed by atoms with Gasteiger partial charge in [-0.3, -0.25) is 10.1 Å². The number of methoxy groups -OCH3 is 1. The molecule has 3 rings (SSSR count). The van der Waals surface area contributed by atoms with Gasteiger partial charge in [-0.05, 0) is 13.0 Å². The molecule has 128 valence electrons. The Morgan fingerprint density at radius 2 is 2.00 bits per heavy atom. The minimum atomic E-state index is -1.35. The van der Waals surface area contributed by atoms with Crippen LogP contribution in [0.2, 0.25) is 0 Å². The summed E-state index contributed by atoms with van der Waals surface area (Å²) in [5.41, 5.74) is 0.0155. The first-order chi connectivity index (χ1) is 11.9. The molecular weight excluding hydrogens is 332 g/mol. The van der Waals surface area contributed by atoms with Crippen LogP contribution in [0.15, 0.2) is 18.2 Å². The van der Waals surface area contributed by atoms with Crippen LogP contribution < -0.4 is 0 Å². The number of nitro benzene ring substituents is 1. The SMILES string of the molecule is CCn1c2ccc([N+](=O)[O-])cc2c2c(C(=O)O)nnc(C(=O)OC)c21. The lowest BCUT2D eigenvalue weighted by molar-refractivity contribution is -0.384. The summed E-state index contributed by atoms with van der Waals surface area (Å²) in [6, 6.07) is 4.08. The summed E-state index contributed by atoms with van der Waals surface area (Å²) in [4.78, 5) is 34.1. The van der Waals surface area contributed by atoms with Gasteiger partial charge >= 0.3 is 11.9 Å². The number of aryl methyl sites for hydroxylation is 1. The Bertz CT molecular complexity index is 1060. The number of non-ortho nitro benzene ring substituents is 1. The number of benzene rings is 1. The van der Waals surface area contributed by atoms with Crippen molar-refractivity contribution in [1.29, 1.82) is 0 Å². The number of hydrogen-bond donors (Lipinski definition) is 1. The predicted octanol–water partition coefficient (Wildman–Crippen LogP) is 2.00. The summed E-state index contributed by atoms with van der Waals surface area (Å²) < 4.78 is 6.35. The molecule has 0 bridgehead atoms. The van der Waals surface area contributed by atoms with Gasteiger partial charge in [0.2, 0.25) is 0 Å². The molecule has 0 fully saturated rings. The molecule has 0 aliphatic carbocycles. The highest BCUT2D eigenvalue weighted by Gasteiger charge is 2.26. The number of carbonyl (C=O) groups excluding carboxylic acids is 1. The van der Waals surface area contributed by atoms with E-state index in [4.69, 9.17) is 4.74 Å². The number of carbonyl (C=O) groups is 2. The van der Waals surface area contributed by atoms with Crippen molar-refractivity contribution in [3.8, 4) is 0 Å². The minimum Gasteiger partial charge on any atom is -0.476 e. The molecule has 0 spiro atoms. The second kappa shape index (κ2) is 5.82. The highest BCUT2D eigenvalue weighted by molar-refractivity contribution is 6.19. The van der Waals surface area contributed by atoms with Gasteiger partial charge < -0.3 is 14.4 Å². The Balaban J connectivity index is 2.60. The van der Waals surface area contributed by atoms with E-state index in [1.54, 1.807) is 11.5 Å². The Morgan fingerprint density at radius 3 is 2.56 bits per heavy atom. The molecule has 1 aromatic carbocycles. The number of fused-ring (bicyclic) bond motifs is 3. The first-order valence-corrected chi connectivity index (χ1v) is 7.19. The fourth-order valence-corrected chi connectivity index (χ4v) is 2.85. The molecule has 2 heterocycles. The quantitative estimate of drug-likeness (QED) is 0.431. The maximum atomic E-state index is 12.0. The smallest absolute Gasteiger partial charge is 0.360 e. The van der Waals surface area contributed by atoms with E-state index < -0.39 is 16.9 Å². The molecule has 1 N–H and O–H groups in total. The molecule has 0 saturated heterocycles. The molecule has 0 radical (unpaired) electrons. The average Bonchev–Trinajstić information content (AvgIpc) is 2.93. The van der Waals surface area contributed by atoms with Crippen LogP contribution in [0.1, 0.15) is 27.9 Å². The van der Waals surface area contributed by atoms with Crippen molar-refractivity contribution in [2.24, 2.45) is 0 Å². The highest BCUT2D eigenvalue weighted by atomic mass is 16.6. The summed E-state index contributed by atoms with van der Waals surface area (Å²) in [6.45, 7) is 2.18. The largest absolute Gasteiger partial charge is 0.476 e. The molecule has 0 atom stereocenters. The topological polar surface area (TPSA) is 137 Å².